The molecule has 0 saturated carbocycles. The molecule has 6 nitrogen and oxygen atoms in total. The van der Waals surface area contributed by atoms with Crippen LogP contribution in [0.5, 0.6) is 0 Å². The van der Waals surface area contributed by atoms with Gasteiger partial charge in [0.2, 0.25) is 5.91 Å². The number of hydrogen-bond donors (Lipinski definition) is 1. The van der Waals surface area contributed by atoms with Gasteiger partial charge in [-0.3, -0.25) is 14.5 Å². The van der Waals surface area contributed by atoms with Crippen LogP contribution in [0.3, 0.4) is 0 Å². The first kappa shape index (κ1) is 15.4. The number of hydrogen-bond acceptors (Lipinski definition) is 4. The van der Waals surface area contributed by atoms with Crippen LogP contribution in [-0.4, -0.2) is 60.0 Å². The molecule has 1 fully saturated rings. The summed E-state index contributed by atoms with van der Waals surface area (Å²) in [6, 6.07) is 2.01. The maximum absolute atomic E-state index is 11.9. The molecular weight excluding hydrogens is 246 g/mol. The van der Waals surface area contributed by atoms with E-state index < -0.39 is 5.97 Å². The van der Waals surface area contributed by atoms with Gasteiger partial charge in [-0.05, 0) is 25.3 Å². The van der Waals surface area contributed by atoms with Crippen LogP contribution in [0.15, 0.2) is 0 Å². The Bertz CT molecular complexity index is 365. The smallest absolute Gasteiger partial charge is 0.303 e. The minimum absolute atomic E-state index is 0.00812. The predicted molar refractivity (Wildman–Crippen MR) is 69.3 cm³/mol. The molecule has 1 unspecified atom stereocenters. The van der Waals surface area contributed by atoms with Crippen molar-refractivity contribution in [3.8, 4) is 6.07 Å². The van der Waals surface area contributed by atoms with Crippen molar-refractivity contribution in [2.24, 2.45) is 5.92 Å². The maximum Gasteiger partial charge on any atom is 0.303 e. The molecule has 1 aliphatic rings. The Morgan fingerprint density at radius 1 is 1.53 bits per heavy atom. The topological polar surface area (TPSA) is 84.6 Å². The first-order valence-corrected chi connectivity index (χ1v) is 6.58. The van der Waals surface area contributed by atoms with Gasteiger partial charge in [-0.25, -0.2) is 0 Å². The molecule has 6 heteroatoms. The molecule has 0 bridgehead atoms. The zero-order valence-electron chi connectivity index (χ0n) is 11.3. The average Bonchev–Trinajstić information content (AvgIpc) is 2.35. The van der Waals surface area contributed by atoms with Gasteiger partial charge in [0.15, 0.2) is 0 Å². The van der Waals surface area contributed by atoms with E-state index >= 15 is 0 Å². The van der Waals surface area contributed by atoms with Crippen LogP contribution >= 0.6 is 0 Å². The number of carbonyl (C=O) groups is 2. The minimum Gasteiger partial charge on any atom is -0.481 e. The third-order valence-electron chi connectivity index (χ3n) is 3.41. The summed E-state index contributed by atoms with van der Waals surface area (Å²) < 4.78 is 0. The molecule has 1 saturated heterocycles. The van der Waals surface area contributed by atoms with Crippen molar-refractivity contribution >= 4 is 11.9 Å². The van der Waals surface area contributed by atoms with E-state index in [4.69, 9.17) is 10.4 Å². The number of piperidine rings is 1. The van der Waals surface area contributed by atoms with Gasteiger partial charge in [0.25, 0.3) is 0 Å². The van der Waals surface area contributed by atoms with E-state index in [1.54, 1.807) is 11.9 Å². The molecule has 0 aromatic heterocycles. The van der Waals surface area contributed by atoms with Crippen molar-refractivity contribution in [1.29, 1.82) is 5.26 Å². The summed E-state index contributed by atoms with van der Waals surface area (Å²) in [6.45, 7) is 2.28. The van der Waals surface area contributed by atoms with Crippen molar-refractivity contribution in [2.45, 2.75) is 25.7 Å². The number of carbonyl (C=O) groups excluding carboxylic acids is 1. The molecule has 1 amide bonds. The summed E-state index contributed by atoms with van der Waals surface area (Å²) in [7, 11) is 1.69. The van der Waals surface area contributed by atoms with E-state index in [1.165, 1.54) is 0 Å². The van der Waals surface area contributed by atoms with Crippen LogP contribution < -0.4 is 0 Å². The Kier molecular flexibility index (Phi) is 6.30. The Hall–Kier alpha value is -1.61. The number of aliphatic carboxylic acids is 1. The monoisotopic (exact) mass is 267 g/mol. The summed E-state index contributed by atoms with van der Waals surface area (Å²) in [5, 5.41) is 17.3. The van der Waals surface area contributed by atoms with Crippen molar-refractivity contribution in [1.82, 2.24) is 9.80 Å². The number of likely N-dealkylation sites (tertiary alicyclic amines) is 1. The molecule has 1 rings (SSSR count). The predicted octanol–water partition coefficient (Wildman–Crippen LogP) is 0.545. The van der Waals surface area contributed by atoms with Crippen LogP contribution in [0.1, 0.15) is 25.7 Å². The van der Waals surface area contributed by atoms with Gasteiger partial charge >= 0.3 is 5.97 Å². The second-order valence-corrected chi connectivity index (χ2v) is 5.06. The fourth-order valence-corrected chi connectivity index (χ4v) is 2.36. The van der Waals surface area contributed by atoms with Gasteiger partial charge < -0.3 is 10.0 Å². The van der Waals surface area contributed by atoms with Gasteiger partial charge in [0, 0.05) is 26.6 Å². The van der Waals surface area contributed by atoms with E-state index in [2.05, 4.69) is 0 Å². The van der Waals surface area contributed by atoms with Crippen LogP contribution in [0.25, 0.3) is 0 Å². The number of likely N-dealkylation sites (N-methyl/N-ethyl adjacent to an activating group) is 1. The second-order valence-electron chi connectivity index (χ2n) is 5.06. The van der Waals surface area contributed by atoms with Crippen molar-refractivity contribution < 1.29 is 14.7 Å². The molecule has 1 aliphatic heterocycles. The Labute approximate surface area is 113 Å². The van der Waals surface area contributed by atoms with Gasteiger partial charge in [-0.2, -0.15) is 5.26 Å². The average molecular weight is 267 g/mol. The highest BCUT2D eigenvalue weighted by Gasteiger charge is 2.24. The van der Waals surface area contributed by atoms with Crippen LogP contribution in [0.2, 0.25) is 0 Å². The highest BCUT2D eigenvalue weighted by atomic mass is 16.4. The Balaban J connectivity index is 2.37. The first-order valence-electron chi connectivity index (χ1n) is 6.58. The molecule has 1 N–H and O–H groups in total. The normalized spacial score (nSPS) is 19.7. The maximum atomic E-state index is 11.9. The van der Waals surface area contributed by atoms with Crippen molar-refractivity contribution in [2.75, 3.05) is 33.2 Å². The number of nitriles is 1. The lowest BCUT2D eigenvalue weighted by molar-refractivity contribution is -0.138. The first-order chi connectivity index (χ1) is 9.02. The fraction of sp³-hybridized carbons (Fsp3) is 0.769. The fourth-order valence-electron chi connectivity index (χ4n) is 2.36. The number of carboxylic acids is 1. The molecule has 0 radical (unpaired) electrons. The summed E-state index contributed by atoms with van der Waals surface area (Å²) in [6.07, 6.45) is 2.37. The molecular formula is C13H21N3O3. The minimum atomic E-state index is -0.774. The lowest BCUT2D eigenvalue weighted by atomic mass is 9.95. The lowest BCUT2D eigenvalue weighted by Crippen LogP contribution is -2.43. The highest BCUT2D eigenvalue weighted by molar-refractivity contribution is 5.78. The molecule has 106 valence electrons. The van der Waals surface area contributed by atoms with E-state index in [9.17, 15) is 9.59 Å². The summed E-state index contributed by atoms with van der Waals surface area (Å²) in [5.74, 6) is -0.640. The molecule has 19 heavy (non-hydrogen) atoms. The zero-order valence-corrected chi connectivity index (χ0v) is 11.3. The van der Waals surface area contributed by atoms with Gasteiger partial charge in [0.05, 0.1) is 19.0 Å². The van der Waals surface area contributed by atoms with E-state index in [0.717, 1.165) is 19.4 Å². The number of carboxylic acid groups (broad SMARTS) is 1. The van der Waals surface area contributed by atoms with Gasteiger partial charge in [-0.1, -0.05) is 0 Å². The zero-order chi connectivity index (χ0) is 14.3. The van der Waals surface area contributed by atoms with Crippen molar-refractivity contribution in [3.63, 3.8) is 0 Å². The molecule has 0 aromatic rings. The largest absolute Gasteiger partial charge is 0.481 e. The summed E-state index contributed by atoms with van der Waals surface area (Å²) >= 11 is 0. The van der Waals surface area contributed by atoms with E-state index in [0.29, 0.717) is 26.1 Å². The van der Waals surface area contributed by atoms with E-state index in [1.807, 2.05) is 11.0 Å². The van der Waals surface area contributed by atoms with Crippen LogP contribution in [0.4, 0.5) is 0 Å². The molecule has 0 spiro atoms. The standard InChI is InChI=1S/C13H21N3O3/c1-15(6-3-5-14)12(17)10-16-7-2-4-11(9-16)8-13(18)19/h11H,2-4,6-10H2,1H3,(H,18,19). The number of amides is 1. The molecule has 1 atom stereocenters. The SMILES string of the molecule is CN(CCC#N)C(=O)CN1CCCC(CC(=O)O)C1. The molecule has 0 aromatic carbocycles. The lowest BCUT2D eigenvalue weighted by Gasteiger charge is -2.32. The molecule has 1 heterocycles. The number of rotatable bonds is 6. The quantitative estimate of drug-likeness (QED) is 0.759. The van der Waals surface area contributed by atoms with Gasteiger partial charge in [0.1, 0.15) is 0 Å². The second kappa shape index (κ2) is 7.74. The Morgan fingerprint density at radius 2 is 2.26 bits per heavy atom. The number of nitrogens with zero attached hydrogens (tertiary/aromatic N) is 3. The third kappa shape index (κ3) is 5.71. The summed E-state index contributed by atoms with van der Waals surface area (Å²) in [5.41, 5.74) is 0. The van der Waals surface area contributed by atoms with Crippen LogP contribution in [-0.2, 0) is 9.59 Å². The van der Waals surface area contributed by atoms with Crippen LogP contribution in [0, 0.1) is 17.2 Å². The summed E-state index contributed by atoms with van der Waals surface area (Å²) in [4.78, 5) is 26.2. The highest BCUT2D eigenvalue weighted by Crippen LogP contribution is 2.19. The van der Waals surface area contributed by atoms with Gasteiger partial charge in [-0.15, -0.1) is 0 Å². The molecule has 0 aliphatic carbocycles. The van der Waals surface area contributed by atoms with E-state index in [-0.39, 0.29) is 18.2 Å². The van der Waals surface area contributed by atoms with Crippen molar-refractivity contribution in [3.05, 3.63) is 0 Å². The third-order valence-corrected chi connectivity index (χ3v) is 3.41. The Morgan fingerprint density at radius 3 is 2.89 bits per heavy atom.